The van der Waals surface area contributed by atoms with Gasteiger partial charge in [-0.25, -0.2) is 4.68 Å². The molecule has 2 aromatic carbocycles. The average Bonchev–Trinajstić information content (AvgIpc) is 2.97. The average molecular weight is 250 g/mol. The van der Waals surface area contributed by atoms with Gasteiger partial charge in [-0.3, -0.25) is 0 Å². The maximum absolute atomic E-state index is 5.29. The topological polar surface area (TPSA) is 27.1 Å². The number of hydrogen-bond donors (Lipinski definition) is 0. The van der Waals surface area contributed by atoms with Crippen LogP contribution in [0.5, 0.6) is 5.88 Å². The maximum atomic E-state index is 5.29. The van der Waals surface area contributed by atoms with Crippen molar-refractivity contribution in [3.05, 3.63) is 66.9 Å². The minimum Gasteiger partial charge on any atom is -0.481 e. The van der Waals surface area contributed by atoms with Crippen LogP contribution in [-0.2, 0) is 0 Å². The van der Waals surface area contributed by atoms with Crippen LogP contribution < -0.4 is 4.74 Å². The summed E-state index contributed by atoms with van der Waals surface area (Å²) >= 11 is 0. The number of nitrogens with zero attached hydrogens (tertiary/aromatic N) is 2. The van der Waals surface area contributed by atoms with Crippen LogP contribution in [0.4, 0.5) is 0 Å². The van der Waals surface area contributed by atoms with E-state index in [1.807, 2.05) is 36.4 Å². The Labute approximate surface area is 112 Å². The molecule has 0 fully saturated rings. The second-order valence-electron chi connectivity index (χ2n) is 4.20. The molecule has 0 aliphatic carbocycles. The second kappa shape index (κ2) is 4.98. The summed E-state index contributed by atoms with van der Waals surface area (Å²) in [5, 5.41) is 4.28. The van der Waals surface area contributed by atoms with E-state index in [-0.39, 0.29) is 0 Å². The second-order valence-corrected chi connectivity index (χ2v) is 4.20. The van der Waals surface area contributed by atoms with E-state index >= 15 is 0 Å². The third kappa shape index (κ3) is 2.22. The van der Waals surface area contributed by atoms with E-state index in [0.29, 0.717) is 0 Å². The van der Waals surface area contributed by atoms with Crippen molar-refractivity contribution in [2.24, 2.45) is 0 Å². The highest BCUT2D eigenvalue weighted by Crippen LogP contribution is 2.23. The first kappa shape index (κ1) is 11.5. The van der Waals surface area contributed by atoms with Crippen LogP contribution in [0.15, 0.2) is 66.9 Å². The number of ether oxygens (including phenoxy) is 1. The highest BCUT2D eigenvalue weighted by molar-refractivity contribution is 5.65. The Morgan fingerprint density at radius 3 is 2.47 bits per heavy atom. The molecule has 0 bridgehead atoms. The third-order valence-electron chi connectivity index (χ3n) is 3.01. The van der Waals surface area contributed by atoms with Crippen LogP contribution in [0.2, 0.25) is 0 Å². The predicted octanol–water partition coefficient (Wildman–Crippen LogP) is 3.55. The smallest absolute Gasteiger partial charge is 0.216 e. The lowest BCUT2D eigenvalue weighted by Crippen LogP contribution is -1.99. The van der Waals surface area contributed by atoms with Crippen molar-refractivity contribution < 1.29 is 4.74 Å². The molecule has 3 nitrogen and oxygen atoms in total. The van der Waals surface area contributed by atoms with Crippen molar-refractivity contribution in [3.8, 4) is 22.7 Å². The lowest BCUT2D eigenvalue weighted by atomic mass is 10.1. The predicted molar refractivity (Wildman–Crippen MR) is 75.6 cm³/mol. The van der Waals surface area contributed by atoms with Gasteiger partial charge in [0.1, 0.15) is 0 Å². The van der Waals surface area contributed by atoms with Crippen LogP contribution in [-0.4, -0.2) is 16.9 Å². The highest BCUT2D eigenvalue weighted by atomic mass is 16.5. The lowest BCUT2D eigenvalue weighted by molar-refractivity contribution is 0.383. The van der Waals surface area contributed by atoms with Crippen molar-refractivity contribution >= 4 is 0 Å². The Kier molecular flexibility index (Phi) is 3.02. The Bertz CT molecular complexity index is 674. The zero-order chi connectivity index (χ0) is 13.1. The van der Waals surface area contributed by atoms with E-state index in [4.69, 9.17) is 4.74 Å². The van der Waals surface area contributed by atoms with E-state index in [9.17, 15) is 0 Å². The van der Waals surface area contributed by atoms with Crippen molar-refractivity contribution in [2.45, 2.75) is 0 Å². The molecule has 3 rings (SSSR count). The fourth-order valence-corrected chi connectivity index (χ4v) is 2.09. The Balaban J connectivity index is 2.06. The largest absolute Gasteiger partial charge is 0.481 e. The van der Waals surface area contributed by atoms with Gasteiger partial charge in [0, 0.05) is 6.07 Å². The summed E-state index contributed by atoms with van der Waals surface area (Å²) in [7, 11) is 1.65. The van der Waals surface area contributed by atoms with Crippen LogP contribution in [0.25, 0.3) is 16.8 Å². The van der Waals surface area contributed by atoms with E-state index in [0.717, 1.165) is 17.1 Å². The SMILES string of the molecule is COc1ccnn1-c1cccc(-c2ccccc2)c1. The van der Waals surface area contributed by atoms with E-state index in [1.165, 1.54) is 5.56 Å². The summed E-state index contributed by atoms with van der Waals surface area (Å²) in [6.07, 6.45) is 1.73. The molecule has 0 unspecified atom stereocenters. The number of hydrogen-bond acceptors (Lipinski definition) is 2. The van der Waals surface area contributed by atoms with Crippen molar-refractivity contribution in [1.29, 1.82) is 0 Å². The standard InChI is InChI=1S/C16H14N2O/c1-19-16-10-11-17-18(16)15-9-5-8-14(12-15)13-6-3-2-4-7-13/h2-12H,1H3. The molecule has 0 spiro atoms. The molecule has 0 radical (unpaired) electrons. The van der Waals surface area contributed by atoms with E-state index in [2.05, 4.69) is 29.4 Å². The Morgan fingerprint density at radius 1 is 0.895 bits per heavy atom. The van der Waals surface area contributed by atoms with Crippen molar-refractivity contribution in [1.82, 2.24) is 9.78 Å². The Hall–Kier alpha value is -2.55. The fourth-order valence-electron chi connectivity index (χ4n) is 2.09. The number of aromatic nitrogens is 2. The van der Waals surface area contributed by atoms with Gasteiger partial charge in [-0.1, -0.05) is 42.5 Å². The highest BCUT2D eigenvalue weighted by Gasteiger charge is 2.05. The summed E-state index contributed by atoms with van der Waals surface area (Å²) in [4.78, 5) is 0. The van der Waals surface area contributed by atoms with Gasteiger partial charge >= 0.3 is 0 Å². The molecule has 1 heterocycles. The first-order chi connectivity index (χ1) is 9.38. The molecule has 0 amide bonds. The molecule has 0 aliphatic rings. The zero-order valence-corrected chi connectivity index (χ0v) is 10.7. The molecule has 1 aromatic heterocycles. The summed E-state index contributed by atoms with van der Waals surface area (Å²) in [5.41, 5.74) is 3.34. The van der Waals surface area contributed by atoms with Gasteiger partial charge in [0.25, 0.3) is 0 Å². The summed E-state index contributed by atoms with van der Waals surface area (Å²) < 4.78 is 7.07. The molecule has 19 heavy (non-hydrogen) atoms. The molecule has 94 valence electrons. The maximum Gasteiger partial charge on any atom is 0.216 e. The van der Waals surface area contributed by atoms with Crippen LogP contribution in [0, 0.1) is 0 Å². The van der Waals surface area contributed by atoms with Gasteiger partial charge in [0.05, 0.1) is 19.0 Å². The van der Waals surface area contributed by atoms with Gasteiger partial charge in [-0.2, -0.15) is 5.10 Å². The third-order valence-corrected chi connectivity index (χ3v) is 3.01. The van der Waals surface area contributed by atoms with Gasteiger partial charge in [-0.05, 0) is 23.3 Å². The minimum absolute atomic E-state index is 0.727. The van der Waals surface area contributed by atoms with Gasteiger partial charge < -0.3 is 4.74 Å². The molecule has 3 heteroatoms. The van der Waals surface area contributed by atoms with Gasteiger partial charge in [0.2, 0.25) is 5.88 Å². The fraction of sp³-hybridized carbons (Fsp3) is 0.0625. The van der Waals surface area contributed by atoms with Gasteiger partial charge in [0.15, 0.2) is 0 Å². The summed E-state index contributed by atoms with van der Waals surface area (Å²) in [5.74, 6) is 0.727. The number of methoxy groups -OCH3 is 1. The zero-order valence-electron chi connectivity index (χ0n) is 10.7. The Morgan fingerprint density at radius 2 is 1.68 bits per heavy atom. The molecule has 0 N–H and O–H groups in total. The van der Waals surface area contributed by atoms with E-state index in [1.54, 1.807) is 18.0 Å². The molecule has 0 aliphatic heterocycles. The molecular formula is C16H14N2O. The minimum atomic E-state index is 0.727. The van der Waals surface area contributed by atoms with Crippen LogP contribution >= 0.6 is 0 Å². The molecule has 0 saturated heterocycles. The quantitative estimate of drug-likeness (QED) is 0.710. The molecule has 3 aromatic rings. The molecular weight excluding hydrogens is 236 g/mol. The summed E-state index contributed by atoms with van der Waals surface area (Å²) in [6, 6.07) is 20.4. The lowest BCUT2D eigenvalue weighted by Gasteiger charge is -2.08. The molecule has 0 saturated carbocycles. The van der Waals surface area contributed by atoms with Crippen LogP contribution in [0.1, 0.15) is 0 Å². The van der Waals surface area contributed by atoms with Crippen molar-refractivity contribution in [3.63, 3.8) is 0 Å². The van der Waals surface area contributed by atoms with Crippen LogP contribution in [0.3, 0.4) is 0 Å². The van der Waals surface area contributed by atoms with E-state index < -0.39 is 0 Å². The number of rotatable bonds is 3. The number of benzene rings is 2. The first-order valence-electron chi connectivity index (χ1n) is 6.12. The summed E-state index contributed by atoms with van der Waals surface area (Å²) in [6.45, 7) is 0. The normalized spacial score (nSPS) is 10.4. The first-order valence-corrected chi connectivity index (χ1v) is 6.12. The molecule has 0 atom stereocenters. The monoisotopic (exact) mass is 250 g/mol. The van der Waals surface area contributed by atoms with Crippen molar-refractivity contribution in [2.75, 3.05) is 7.11 Å². The van der Waals surface area contributed by atoms with Gasteiger partial charge in [-0.15, -0.1) is 0 Å².